The Hall–Kier alpha value is -4.58. The summed E-state index contributed by atoms with van der Waals surface area (Å²) in [5.41, 5.74) is 6.25. The van der Waals surface area contributed by atoms with E-state index in [-0.39, 0.29) is 16.9 Å². The molecule has 0 radical (unpaired) electrons. The highest BCUT2D eigenvalue weighted by molar-refractivity contribution is 6.99. The second kappa shape index (κ2) is 14.0. The lowest BCUT2D eigenvalue weighted by molar-refractivity contribution is -0.132. The van der Waals surface area contributed by atoms with E-state index in [0.717, 1.165) is 34.5 Å². The van der Waals surface area contributed by atoms with Crippen LogP contribution in [0.5, 0.6) is 0 Å². The molecule has 1 atom stereocenters. The number of aliphatic imine (C=N–C) groups is 1. The van der Waals surface area contributed by atoms with E-state index in [2.05, 4.69) is 124 Å². The van der Waals surface area contributed by atoms with Gasteiger partial charge in [-0.2, -0.15) is 0 Å². The van der Waals surface area contributed by atoms with Crippen molar-refractivity contribution in [1.29, 1.82) is 0 Å². The van der Waals surface area contributed by atoms with Crippen LogP contribution in [0.25, 0.3) is 0 Å². The van der Waals surface area contributed by atoms with Gasteiger partial charge in [0.2, 0.25) is 5.91 Å². The van der Waals surface area contributed by atoms with Crippen LogP contribution in [0.2, 0.25) is 5.04 Å². The number of hydrogen-bond acceptors (Lipinski definition) is 3. The molecule has 4 nitrogen and oxygen atoms in total. The van der Waals surface area contributed by atoms with Crippen molar-refractivity contribution in [2.75, 3.05) is 19.7 Å². The van der Waals surface area contributed by atoms with Crippen LogP contribution in [-0.2, 0) is 15.6 Å². The normalized spacial score (nSPS) is 15.1. The molecule has 5 aromatic carbocycles. The Kier molecular flexibility index (Phi) is 9.67. The number of fused-ring (bicyclic) bond motifs is 1. The standard InChI is InChI=1S/C42H44N2O2Si/c1-32-39-26-25-36(43-40(33-17-9-5-10-18-33)34-19-11-6-12-20-34)31-35(39)27-28-44(41(32)45)29-30-46-47(42(2,3)4,37-21-13-7-14-22-37)38-23-15-8-16-24-38/h5-26,31-32H,27-30H2,1-4H3. The van der Waals surface area contributed by atoms with Crippen LogP contribution in [0.4, 0.5) is 5.69 Å². The highest BCUT2D eigenvalue weighted by atomic mass is 28.4. The Morgan fingerprint density at radius 2 is 1.28 bits per heavy atom. The van der Waals surface area contributed by atoms with Crippen molar-refractivity contribution in [2.24, 2.45) is 4.99 Å². The summed E-state index contributed by atoms with van der Waals surface area (Å²) in [6.45, 7) is 10.6. The van der Waals surface area contributed by atoms with Crippen LogP contribution >= 0.6 is 0 Å². The molecule has 0 bridgehead atoms. The minimum atomic E-state index is -2.68. The van der Waals surface area contributed by atoms with E-state index >= 15 is 0 Å². The van der Waals surface area contributed by atoms with Crippen LogP contribution in [0.15, 0.2) is 145 Å². The Labute approximate surface area is 280 Å². The van der Waals surface area contributed by atoms with Crippen molar-refractivity contribution in [1.82, 2.24) is 4.90 Å². The third kappa shape index (κ3) is 6.78. The van der Waals surface area contributed by atoms with E-state index in [4.69, 9.17) is 9.42 Å². The van der Waals surface area contributed by atoms with Gasteiger partial charge in [-0.1, -0.05) is 148 Å². The monoisotopic (exact) mass is 636 g/mol. The molecule has 1 amide bonds. The highest BCUT2D eigenvalue weighted by Crippen LogP contribution is 2.37. The second-order valence-corrected chi connectivity index (χ2v) is 17.7. The summed E-state index contributed by atoms with van der Waals surface area (Å²) in [6, 6.07) is 48.3. The minimum Gasteiger partial charge on any atom is -0.406 e. The molecule has 1 aliphatic rings. The number of benzene rings is 5. The molecule has 0 saturated carbocycles. The predicted octanol–water partition coefficient (Wildman–Crippen LogP) is 7.92. The fraction of sp³-hybridized carbons (Fsp3) is 0.238. The van der Waals surface area contributed by atoms with Gasteiger partial charge in [-0.05, 0) is 52.0 Å². The number of amides is 1. The average Bonchev–Trinajstić information content (AvgIpc) is 3.21. The Balaban J connectivity index is 1.25. The molecule has 0 saturated heterocycles. The van der Waals surface area contributed by atoms with Crippen molar-refractivity contribution >= 4 is 36.0 Å². The van der Waals surface area contributed by atoms with E-state index in [1.165, 1.54) is 15.9 Å². The van der Waals surface area contributed by atoms with Gasteiger partial charge < -0.3 is 9.33 Å². The molecular formula is C42H44N2O2Si. The van der Waals surface area contributed by atoms with E-state index in [0.29, 0.717) is 19.7 Å². The maximum absolute atomic E-state index is 13.9. The third-order valence-electron chi connectivity index (χ3n) is 9.36. The van der Waals surface area contributed by atoms with Crippen LogP contribution in [0.3, 0.4) is 0 Å². The first-order valence-corrected chi connectivity index (χ1v) is 18.5. The Bertz CT molecular complexity index is 1740. The molecule has 1 heterocycles. The predicted molar refractivity (Wildman–Crippen MR) is 197 cm³/mol. The molecule has 5 heteroatoms. The molecule has 6 rings (SSSR count). The van der Waals surface area contributed by atoms with Gasteiger partial charge in [0.1, 0.15) is 0 Å². The molecule has 0 spiro atoms. The first-order chi connectivity index (χ1) is 22.8. The van der Waals surface area contributed by atoms with Crippen LogP contribution in [0.1, 0.15) is 55.9 Å². The van der Waals surface area contributed by atoms with E-state index in [1.807, 2.05) is 48.2 Å². The zero-order chi connectivity index (χ0) is 32.9. The number of carbonyl (C=O) groups excluding carboxylic acids is 1. The van der Waals surface area contributed by atoms with Gasteiger partial charge in [-0.15, -0.1) is 0 Å². The average molecular weight is 637 g/mol. The summed E-state index contributed by atoms with van der Waals surface area (Å²) >= 11 is 0. The van der Waals surface area contributed by atoms with Crippen molar-refractivity contribution in [3.63, 3.8) is 0 Å². The number of nitrogens with zero attached hydrogens (tertiary/aromatic N) is 2. The van der Waals surface area contributed by atoms with Gasteiger partial charge in [-0.3, -0.25) is 4.79 Å². The largest absolute Gasteiger partial charge is 0.406 e. The van der Waals surface area contributed by atoms with Crippen LogP contribution < -0.4 is 10.4 Å². The van der Waals surface area contributed by atoms with Crippen LogP contribution in [0, 0.1) is 0 Å². The first-order valence-electron chi connectivity index (χ1n) is 16.6. The minimum absolute atomic E-state index is 0.114. The number of hydrogen-bond donors (Lipinski definition) is 0. The quantitative estimate of drug-likeness (QED) is 0.122. The maximum Gasteiger partial charge on any atom is 0.261 e. The number of rotatable bonds is 9. The van der Waals surface area contributed by atoms with Gasteiger partial charge in [0.25, 0.3) is 8.32 Å². The van der Waals surface area contributed by atoms with E-state index in [9.17, 15) is 4.79 Å². The van der Waals surface area contributed by atoms with Crippen molar-refractivity contribution in [2.45, 2.75) is 45.1 Å². The van der Waals surface area contributed by atoms with Crippen molar-refractivity contribution in [3.8, 4) is 0 Å². The molecule has 238 valence electrons. The lowest BCUT2D eigenvalue weighted by Gasteiger charge is -2.43. The summed E-state index contributed by atoms with van der Waals surface area (Å²) in [5.74, 6) is -0.0820. The van der Waals surface area contributed by atoms with Crippen LogP contribution in [-0.4, -0.2) is 44.5 Å². The molecule has 0 aromatic heterocycles. The van der Waals surface area contributed by atoms with Gasteiger partial charge >= 0.3 is 0 Å². The molecule has 47 heavy (non-hydrogen) atoms. The first kappa shape index (κ1) is 32.4. The lowest BCUT2D eigenvalue weighted by atomic mass is 9.94. The van der Waals surface area contributed by atoms with Crippen molar-refractivity contribution in [3.05, 3.63) is 162 Å². The summed E-state index contributed by atoms with van der Waals surface area (Å²) in [4.78, 5) is 21.1. The topological polar surface area (TPSA) is 41.9 Å². The molecule has 1 unspecified atom stereocenters. The molecule has 5 aromatic rings. The SMILES string of the molecule is CC1C(=O)N(CCO[Si](c2ccccc2)(c2ccccc2)C(C)(C)C)CCc2cc(N=C(c3ccccc3)c3ccccc3)ccc21. The van der Waals surface area contributed by atoms with E-state index in [1.54, 1.807) is 0 Å². The summed E-state index contributed by atoms with van der Waals surface area (Å²) in [5, 5.41) is 2.39. The van der Waals surface area contributed by atoms with Gasteiger partial charge in [0, 0.05) is 24.2 Å². The molecule has 0 aliphatic carbocycles. The molecular weight excluding hydrogens is 593 g/mol. The fourth-order valence-electron chi connectivity index (χ4n) is 6.98. The zero-order valence-corrected chi connectivity index (χ0v) is 28.9. The highest BCUT2D eigenvalue weighted by Gasteiger charge is 2.50. The summed E-state index contributed by atoms with van der Waals surface area (Å²) in [6.07, 6.45) is 0.778. The Morgan fingerprint density at radius 1 is 0.766 bits per heavy atom. The third-order valence-corrected chi connectivity index (χ3v) is 14.4. The van der Waals surface area contributed by atoms with Crippen molar-refractivity contribution < 1.29 is 9.22 Å². The van der Waals surface area contributed by atoms with Gasteiger partial charge in [0.15, 0.2) is 0 Å². The summed E-state index contributed by atoms with van der Waals surface area (Å²) in [7, 11) is -2.68. The van der Waals surface area contributed by atoms with Gasteiger partial charge in [0.05, 0.1) is 23.9 Å². The molecule has 0 N–H and O–H groups in total. The zero-order valence-electron chi connectivity index (χ0n) is 27.9. The smallest absolute Gasteiger partial charge is 0.261 e. The molecule has 0 fully saturated rings. The fourth-order valence-corrected chi connectivity index (χ4v) is 11.5. The lowest BCUT2D eigenvalue weighted by Crippen LogP contribution is -2.67. The second-order valence-electron chi connectivity index (χ2n) is 13.4. The maximum atomic E-state index is 13.9. The van der Waals surface area contributed by atoms with Gasteiger partial charge in [-0.25, -0.2) is 4.99 Å². The number of carbonyl (C=O) groups is 1. The summed E-state index contributed by atoms with van der Waals surface area (Å²) < 4.78 is 7.14. The van der Waals surface area contributed by atoms with E-state index < -0.39 is 8.32 Å². The molecule has 1 aliphatic heterocycles. The Morgan fingerprint density at radius 3 is 1.79 bits per heavy atom.